The summed E-state index contributed by atoms with van der Waals surface area (Å²) < 4.78 is 5.28. The number of rotatable bonds is 1. The molecule has 1 nitrogen and oxygen atoms in total. The zero-order chi connectivity index (χ0) is 5.98. The first-order valence-corrected chi connectivity index (χ1v) is 3.16. The molecule has 8 heavy (non-hydrogen) atoms. The van der Waals surface area contributed by atoms with Crippen LogP contribution in [0.1, 0.15) is 20.3 Å². The molecule has 0 aromatic carbocycles. The molecule has 0 fully saturated rings. The summed E-state index contributed by atoms with van der Waals surface area (Å²) in [5.74, 6) is 1.81. The summed E-state index contributed by atoms with van der Waals surface area (Å²) in [6.07, 6.45) is 3.24. The van der Waals surface area contributed by atoms with Gasteiger partial charge in [-0.05, 0) is 6.08 Å². The second-order valence-corrected chi connectivity index (χ2v) is 2.27. The van der Waals surface area contributed by atoms with Gasteiger partial charge in [0.1, 0.15) is 0 Å². The van der Waals surface area contributed by atoms with Crippen LogP contribution in [0.25, 0.3) is 0 Å². The maximum absolute atomic E-state index is 5.28. The Hall–Kier alpha value is -0.460. The molecule has 0 aromatic rings. The van der Waals surface area contributed by atoms with Gasteiger partial charge in [0.25, 0.3) is 0 Å². The van der Waals surface area contributed by atoms with Gasteiger partial charge in [-0.15, -0.1) is 0 Å². The van der Waals surface area contributed by atoms with Crippen LogP contribution >= 0.6 is 0 Å². The Morgan fingerprint density at radius 3 is 2.88 bits per heavy atom. The van der Waals surface area contributed by atoms with Crippen molar-refractivity contribution >= 4 is 0 Å². The van der Waals surface area contributed by atoms with Gasteiger partial charge in [-0.3, -0.25) is 0 Å². The van der Waals surface area contributed by atoms with Gasteiger partial charge < -0.3 is 4.74 Å². The van der Waals surface area contributed by atoms with E-state index in [1.165, 1.54) is 0 Å². The number of hydrogen-bond donors (Lipinski definition) is 0. The van der Waals surface area contributed by atoms with E-state index in [2.05, 4.69) is 19.9 Å². The van der Waals surface area contributed by atoms with Gasteiger partial charge in [-0.25, -0.2) is 0 Å². The normalized spacial score (nSPS) is 27.2. The summed E-state index contributed by atoms with van der Waals surface area (Å²) in [5, 5.41) is 0. The third-order valence-electron chi connectivity index (χ3n) is 1.35. The predicted octanol–water partition coefficient (Wildman–Crippen LogP) is 1.95. The first kappa shape index (κ1) is 5.67. The van der Waals surface area contributed by atoms with E-state index in [1.807, 2.05) is 0 Å². The molecule has 1 atom stereocenters. The Bertz CT molecular complexity index is 105. The van der Waals surface area contributed by atoms with Gasteiger partial charge >= 0.3 is 0 Å². The third-order valence-corrected chi connectivity index (χ3v) is 1.35. The van der Waals surface area contributed by atoms with E-state index in [0.29, 0.717) is 5.92 Å². The summed E-state index contributed by atoms with van der Waals surface area (Å²) in [6.45, 7) is 5.18. The first-order valence-electron chi connectivity index (χ1n) is 3.16. The Labute approximate surface area is 50.3 Å². The van der Waals surface area contributed by atoms with Crippen LogP contribution in [-0.2, 0) is 4.74 Å². The average Bonchev–Trinajstić information content (AvgIpc) is 2.14. The lowest BCUT2D eigenvalue weighted by atomic mass is 10.2. The summed E-state index contributed by atoms with van der Waals surface area (Å²) in [6, 6.07) is 0. The van der Waals surface area contributed by atoms with Crippen LogP contribution in [0.3, 0.4) is 0 Å². The number of allylic oxidation sites excluding steroid dienone is 1. The van der Waals surface area contributed by atoms with Gasteiger partial charge in [0.15, 0.2) is 0 Å². The smallest absolute Gasteiger partial charge is 0.0938 e. The van der Waals surface area contributed by atoms with Crippen molar-refractivity contribution in [3.8, 4) is 0 Å². The van der Waals surface area contributed by atoms with Crippen molar-refractivity contribution in [1.29, 1.82) is 0 Å². The molecule has 1 unspecified atom stereocenters. The van der Waals surface area contributed by atoms with Gasteiger partial charge in [-0.1, -0.05) is 13.8 Å². The van der Waals surface area contributed by atoms with E-state index in [0.717, 1.165) is 18.8 Å². The van der Waals surface area contributed by atoms with Crippen molar-refractivity contribution in [2.75, 3.05) is 6.61 Å². The largest absolute Gasteiger partial charge is 0.498 e. The van der Waals surface area contributed by atoms with Gasteiger partial charge in [0.05, 0.1) is 12.4 Å². The minimum atomic E-state index is 0.643. The standard InChI is InChI=1S/C7H12O/c1-3-7-4-6(2)5-8-7/h4,6H,3,5H2,1-2H3. The van der Waals surface area contributed by atoms with E-state index in [1.54, 1.807) is 0 Å². The van der Waals surface area contributed by atoms with E-state index in [4.69, 9.17) is 4.74 Å². The monoisotopic (exact) mass is 112 g/mol. The predicted molar refractivity (Wildman–Crippen MR) is 33.5 cm³/mol. The highest BCUT2D eigenvalue weighted by Crippen LogP contribution is 2.16. The number of ether oxygens (including phenoxy) is 1. The van der Waals surface area contributed by atoms with Crippen molar-refractivity contribution in [3.63, 3.8) is 0 Å². The highest BCUT2D eigenvalue weighted by molar-refractivity contribution is 5.00. The molecule has 46 valence electrons. The topological polar surface area (TPSA) is 9.23 Å². The van der Waals surface area contributed by atoms with Crippen LogP contribution in [0.5, 0.6) is 0 Å². The Kier molecular flexibility index (Phi) is 1.56. The lowest BCUT2D eigenvalue weighted by Gasteiger charge is -1.96. The molecule has 0 amide bonds. The molecule has 0 N–H and O–H groups in total. The van der Waals surface area contributed by atoms with Crippen LogP contribution in [-0.4, -0.2) is 6.61 Å². The lowest BCUT2D eigenvalue weighted by molar-refractivity contribution is 0.216. The molecule has 0 saturated heterocycles. The fourth-order valence-corrected chi connectivity index (χ4v) is 0.872. The van der Waals surface area contributed by atoms with E-state index in [9.17, 15) is 0 Å². The van der Waals surface area contributed by atoms with Gasteiger partial charge in [0.2, 0.25) is 0 Å². The highest BCUT2D eigenvalue weighted by Gasteiger charge is 2.09. The van der Waals surface area contributed by atoms with Crippen LogP contribution in [0.2, 0.25) is 0 Å². The minimum absolute atomic E-state index is 0.643. The zero-order valence-electron chi connectivity index (χ0n) is 5.48. The Balaban J connectivity index is 2.44. The van der Waals surface area contributed by atoms with E-state index in [-0.39, 0.29) is 0 Å². The lowest BCUT2D eigenvalue weighted by Crippen LogP contribution is -1.90. The molecule has 0 aliphatic carbocycles. The van der Waals surface area contributed by atoms with Crippen LogP contribution in [0.4, 0.5) is 0 Å². The average molecular weight is 112 g/mol. The van der Waals surface area contributed by atoms with Gasteiger partial charge in [0, 0.05) is 12.3 Å². The molecular weight excluding hydrogens is 100 g/mol. The molecule has 0 bridgehead atoms. The fourth-order valence-electron chi connectivity index (χ4n) is 0.872. The quantitative estimate of drug-likeness (QED) is 0.503. The van der Waals surface area contributed by atoms with Gasteiger partial charge in [-0.2, -0.15) is 0 Å². The molecule has 1 aliphatic heterocycles. The van der Waals surface area contributed by atoms with E-state index < -0.39 is 0 Å². The summed E-state index contributed by atoms with van der Waals surface area (Å²) in [5.41, 5.74) is 0. The Morgan fingerprint density at radius 1 is 1.88 bits per heavy atom. The number of hydrogen-bond acceptors (Lipinski definition) is 1. The molecule has 0 aromatic heterocycles. The third kappa shape index (κ3) is 1.03. The minimum Gasteiger partial charge on any atom is -0.498 e. The fraction of sp³-hybridized carbons (Fsp3) is 0.714. The van der Waals surface area contributed by atoms with Crippen LogP contribution in [0.15, 0.2) is 11.8 Å². The van der Waals surface area contributed by atoms with Crippen molar-refractivity contribution in [2.24, 2.45) is 5.92 Å². The van der Waals surface area contributed by atoms with Crippen LogP contribution in [0, 0.1) is 5.92 Å². The van der Waals surface area contributed by atoms with Crippen molar-refractivity contribution in [2.45, 2.75) is 20.3 Å². The molecule has 1 aliphatic rings. The summed E-state index contributed by atoms with van der Waals surface area (Å²) >= 11 is 0. The summed E-state index contributed by atoms with van der Waals surface area (Å²) in [7, 11) is 0. The van der Waals surface area contributed by atoms with Crippen molar-refractivity contribution in [1.82, 2.24) is 0 Å². The molecule has 1 rings (SSSR count). The maximum atomic E-state index is 5.28. The van der Waals surface area contributed by atoms with Crippen molar-refractivity contribution < 1.29 is 4.74 Å². The molecule has 1 heteroatoms. The zero-order valence-corrected chi connectivity index (χ0v) is 5.48. The van der Waals surface area contributed by atoms with Crippen LogP contribution < -0.4 is 0 Å². The molecular formula is C7H12O. The second kappa shape index (κ2) is 2.21. The molecule has 1 heterocycles. The second-order valence-electron chi connectivity index (χ2n) is 2.27. The SMILES string of the molecule is CCC1=CC(C)CO1. The van der Waals surface area contributed by atoms with Crippen molar-refractivity contribution in [3.05, 3.63) is 11.8 Å². The summed E-state index contributed by atoms with van der Waals surface area (Å²) in [4.78, 5) is 0. The Morgan fingerprint density at radius 2 is 2.62 bits per heavy atom. The molecule has 0 spiro atoms. The first-order chi connectivity index (χ1) is 3.83. The maximum Gasteiger partial charge on any atom is 0.0938 e. The van der Waals surface area contributed by atoms with E-state index >= 15 is 0 Å². The molecule has 0 saturated carbocycles. The highest BCUT2D eigenvalue weighted by atomic mass is 16.5. The molecule has 0 radical (unpaired) electrons.